The van der Waals surface area contributed by atoms with E-state index in [0.29, 0.717) is 0 Å². The Balaban J connectivity index is 1.71. The second kappa shape index (κ2) is 5.57. The summed E-state index contributed by atoms with van der Waals surface area (Å²) in [6.45, 7) is 0. The van der Waals surface area contributed by atoms with Crippen LogP contribution in [0.25, 0.3) is 33.0 Å². The van der Waals surface area contributed by atoms with E-state index in [0.717, 1.165) is 49.9 Å². The first kappa shape index (κ1) is 14.9. The number of carbonyl (C=O) groups excluding carboxylic acids is 1. The van der Waals surface area contributed by atoms with E-state index in [1.54, 1.807) is 7.11 Å². The average Bonchev–Trinajstić information content (AvgIpc) is 3.00. The SMILES string of the molecule is COc1ccc2cc(-c3cccc4c3C(=O)c3ccccc3-4)ccc2c1. The van der Waals surface area contributed by atoms with Gasteiger partial charge in [-0.25, -0.2) is 0 Å². The van der Waals surface area contributed by atoms with Gasteiger partial charge in [0.15, 0.2) is 5.78 Å². The molecule has 4 aromatic rings. The van der Waals surface area contributed by atoms with Gasteiger partial charge in [-0.3, -0.25) is 4.79 Å². The minimum absolute atomic E-state index is 0.112. The molecule has 0 atom stereocenters. The van der Waals surface area contributed by atoms with Gasteiger partial charge in [0, 0.05) is 11.1 Å². The zero-order chi connectivity index (χ0) is 17.7. The number of ketones is 1. The summed E-state index contributed by atoms with van der Waals surface area (Å²) in [4.78, 5) is 13.0. The molecule has 1 aliphatic carbocycles. The van der Waals surface area contributed by atoms with Crippen molar-refractivity contribution < 1.29 is 9.53 Å². The van der Waals surface area contributed by atoms with Crippen LogP contribution in [-0.4, -0.2) is 12.9 Å². The maximum absolute atomic E-state index is 13.0. The number of hydrogen-bond donors (Lipinski definition) is 0. The Morgan fingerprint density at radius 3 is 2.19 bits per heavy atom. The highest BCUT2D eigenvalue weighted by atomic mass is 16.5. The zero-order valence-electron chi connectivity index (χ0n) is 14.3. The summed E-state index contributed by atoms with van der Waals surface area (Å²) in [7, 11) is 1.67. The lowest BCUT2D eigenvalue weighted by molar-refractivity contribution is 0.104. The molecule has 0 unspecified atom stereocenters. The van der Waals surface area contributed by atoms with Crippen LogP contribution in [0, 0.1) is 0 Å². The van der Waals surface area contributed by atoms with E-state index in [1.807, 2.05) is 54.6 Å². The van der Waals surface area contributed by atoms with E-state index in [2.05, 4.69) is 24.3 Å². The molecule has 0 amide bonds. The molecule has 0 N–H and O–H groups in total. The molecular formula is C24H16O2. The van der Waals surface area contributed by atoms with Crippen LogP contribution < -0.4 is 4.74 Å². The molecule has 0 radical (unpaired) electrons. The van der Waals surface area contributed by atoms with Crippen LogP contribution in [0.4, 0.5) is 0 Å². The summed E-state index contributed by atoms with van der Waals surface area (Å²) in [6, 6.07) is 26.3. The molecule has 1 aliphatic rings. The predicted molar refractivity (Wildman–Crippen MR) is 105 cm³/mol. The Labute approximate surface area is 151 Å². The minimum atomic E-state index is 0.112. The van der Waals surface area contributed by atoms with Crippen molar-refractivity contribution in [1.82, 2.24) is 0 Å². The average molecular weight is 336 g/mol. The van der Waals surface area contributed by atoms with E-state index >= 15 is 0 Å². The first-order chi connectivity index (χ1) is 12.8. The molecular weight excluding hydrogens is 320 g/mol. The zero-order valence-corrected chi connectivity index (χ0v) is 14.3. The second-order valence-corrected chi connectivity index (χ2v) is 6.53. The van der Waals surface area contributed by atoms with Gasteiger partial charge in [0.25, 0.3) is 0 Å². The van der Waals surface area contributed by atoms with Gasteiger partial charge in [0.2, 0.25) is 0 Å². The Kier molecular flexibility index (Phi) is 3.19. The van der Waals surface area contributed by atoms with Crippen molar-refractivity contribution in [3.8, 4) is 28.0 Å². The molecule has 0 fully saturated rings. The highest BCUT2D eigenvalue weighted by Gasteiger charge is 2.28. The van der Waals surface area contributed by atoms with Crippen molar-refractivity contribution in [3.63, 3.8) is 0 Å². The topological polar surface area (TPSA) is 26.3 Å². The number of methoxy groups -OCH3 is 1. The second-order valence-electron chi connectivity index (χ2n) is 6.53. The van der Waals surface area contributed by atoms with Crippen LogP contribution in [0.2, 0.25) is 0 Å². The fourth-order valence-corrected chi connectivity index (χ4v) is 3.83. The van der Waals surface area contributed by atoms with Crippen LogP contribution in [0.3, 0.4) is 0 Å². The number of benzene rings is 4. The van der Waals surface area contributed by atoms with Crippen molar-refractivity contribution >= 4 is 16.6 Å². The molecule has 0 aliphatic heterocycles. The summed E-state index contributed by atoms with van der Waals surface area (Å²) >= 11 is 0. The Hall–Kier alpha value is -3.39. The Morgan fingerprint density at radius 1 is 0.654 bits per heavy atom. The van der Waals surface area contributed by atoms with Gasteiger partial charge < -0.3 is 4.74 Å². The molecule has 0 heterocycles. The summed E-state index contributed by atoms with van der Waals surface area (Å²) in [5.41, 5.74) is 5.70. The third-order valence-electron chi connectivity index (χ3n) is 5.11. The van der Waals surface area contributed by atoms with E-state index in [9.17, 15) is 4.79 Å². The van der Waals surface area contributed by atoms with Gasteiger partial charge in [-0.15, -0.1) is 0 Å². The summed E-state index contributed by atoms with van der Waals surface area (Å²) in [5, 5.41) is 2.25. The van der Waals surface area contributed by atoms with E-state index < -0.39 is 0 Å². The first-order valence-electron chi connectivity index (χ1n) is 8.61. The lowest BCUT2D eigenvalue weighted by Gasteiger charge is -2.10. The number of carbonyl (C=O) groups is 1. The molecule has 4 aromatic carbocycles. The number of fused-ring (bicyclic) bond motifs is 4. The predicted octanol–water partition coefficient (Wildman–Crippen LogP) is 5.73. The largest absolute Gasteiger partial charge is 0.497 e. The number of ether oxygens (including phenoxy) is 1. The van der Waals surface area contributed by atoms with Gasteiger partial charge in [-0.05, 0) is 51.2 Å². The lowest BCUT2D eigenvalue weighted by atomic mass is 9.94. The molecule has 0 bridgehead atoms. The molecule has 2 heteroatoms. The fourth-order valence-electron chi connectivity index (χ4n) is 3.83. The van der Waals surface area contributed by atoms with Crippen molar-refractivity contribution in [2.45, 2.75) is 0 Å². The third-order valence-corrected chi connectivity index (χ3v) is 5.11. The van der Waals surface area contributed by atoms with Crippen molar-refractivity contribution in [2.24, 2.45) is 0 Å². The molecule has 26 heavy (non-hydrogen) atoms. The van der Waals surface area contributed by atoms with Crippen LogP contribution in [0.15, 0.2) is 78.9 Å². The van der Waals surface area contributed by atoms with Crippen LogP contribution in [-0.2, 0) is 0 Å². The standard InChI is InChI=1S/C24H16O2/c1-26-18-12-11-15-13-17(10-9-16(15)14-18)19-7-4-8-21-20-5-2-3-6-22(20)24(25)23(19)21/h2-14H,1H3. The quantitative estimate of drug-likeness (QED) is 0.412. The maximum Gasteiger partial charge on any atom is 0.194 e. The van der Waals surface area contributed by atoms with Crippen molar-refractivity contribution in [1.29, 1.82) is 0 Å². The molecule has 124 valence electrons. The molecule has 0 spiro atoms. The van der Waals surface area contributed by atoms with Crippen LogP contribution in [0.5, 0.6) is 5.75 Å². The van der Waals surface area contributed by atoms with E-state index in [-0.39, 0.29) is 5.78 Å². The minimum Gasteiger partial charge on any atom is -0.497 e. The molecule has 0 saturated heterocycles. The monoisotopic (exact) mass is 336 g/mol. The highest BCUT2D eigenvalue weighted by Crippen LogP contribution is 2.41. The molecule has 0 saturated carbocycles. The van der Waals surface area contributed by atoms with Crippen LogP contribution in [0.1, 0.15) is 15.9 Å². The third kappa shape index (κ3) is 2.09. The van der Waals surface area contributed by atoms with Gasteiger partial charge >= 0.3 is 0 Å². The summed E-state index contributed by atoms with van der Waals surface area (Å²) in [6.07, 6.45) is 0. The first-order valence-corrected chi connectivity index (χ1v) is 8.61. The summed E-state index contributed by atoms with van der Waals surface area (Å²) in [5.74, 6) is 0.956. The van der Waals surface area contributed by atoms with Gasteiger partial charge in [-0.1, -0.05) is 60.7 Å². The maximum atomic E-state index is 13.0. The lowest BCUT2D eigenvalue weighted by Crippen LogP contribution is -1.98. The Bertz CT molecular complexity index is 1190. The normalized spacial score (nSPS) is 12.1. The number of hydrogen-bond acceptors (Lipinski definition) is 2. The van der Waals surface area contributed by atoms with Gasteiger partial charge in [0.05, 0.1) is 7.11 Å². The summed E-state index contributed by atoms with van der Waals surface area (Å²) < 4.78 is 5.30. The van der Waals surface area contributed by atoms with Crippen LogP contribution >= 0.6 is 0 Å². The fraction of sp³-hybridized carbons (Fsp3) is 0.0417. The molecule has 0 aromatic heterocycles. The van der Waals surface area contributed by atoms with E-state index in [1.165, 1.54) is 0 Å². The highest BCUT2D eigenvalue weighted by molar-refractivity contribution is 6.24. The van der Waals surface area contributed by atoms with Crippen molar-refractivity contribution in [2.75, 3.05) is 7.11 Å². The smallest absolute Gasteiger partial charge is 0.194 e. The van der Waals surface area contributed by atoms with Gasteiger partial charge in [0.1, 0.15) is 5.75 Å². The van der Waals surface area contributed by atoms with E-state index in [4.69, 9.17) is 4.74 Å². The van der Waals surface area contributed by atoms with Gasteiger partial charge in [-0.2, -0.15) is 0 Å². The molecule has 5 rings (SSSR count). The Morgan fingerprint density at radius 2 is 1.35 bits per heavy atom. The van der Waals surface area contributed by atoms with Crippen molar-refractivity contribution in [3.05, 3.63) is 90.0 Å². The molecule has 2 nitrogen and oxygen atoms in total. The number of rotatable bonds is 2.